The number of hydrogen-bond donors (Lipinski definition) is 0. The molecule has 3 rings (SSSR count). The van der Waals surface area contributed by atoms with E-state index in [-0.39, 0.29) is 11.5 Å². The summed E-state index contributed by atoms with van der Waals surface area (Å²) in [6, 6.07) is 16.9. The van der Waals surface area contributed by atoms with Gasteiger partial charge in [-0.3, -0.25) is 4.79 Å². The van der Waals surface area contributed by atoms with Crippen molar-refractivity contribution in [2.75, 3.05) is 39.3 Å². The molecule has 33 heavy (non-hydrogen) atoms. The summed E-state index contributed by atoms with van der Waals surface area (Å²) in [6.07, 6.45) is 3.00. The van der Waals surface area contributed by atoms with Gasteiger partial charge in [0.2, 0.25) is 5.91 Å². The molecule has 0 N–H and O–H groups in total. The molecule has 0 aliphatic carbocycles. The molecule has 180 valence electrons. The fourth-order valence-electron chi connectivity index (χ4n) is 4.91. The summed E-state index contributed by atoms with van der Waals surface area (Å²) in [4.78, 5) is 16.6. The molecule has 1 amide bonds. The van der Waals surface area contributed by atoms with Crippen molar-refractivity contribution >= 4 is 11.6 Å². The van der Waals surface area contributed by atoms with Crippen molar-refractivity contribution in [2.45, 2.75) is 58.1 Å². The molecule has 2 atom stereocenters. The molecule has 5 nitrogen and oxygen atoms in total. The maximum Gasteiger partial charge on any atom is 0.219 e. The molecule has 0 bridgehead atoms. The molecule has 0 aromatic heterocycles. The number of hydrogen-bond acceptors (Lipinski definition) is 4. The van der Waals surface area contributed by atoms with Crippen LogP contribution in [-0.4, -0.2) is 50.8 Å². The quantitative estimate of drug-likeness (QED) is 0.505. The van der Waals surface area contributed by atoms with Crippen LogP contribution in [0.1, 0.15) is 57.1 Å². The number of methoxy groups -OCH3 is 1. The Morgan fingerprint density at radius 3 is 2.33 bits per heavy atom. The number of carbonyl (C=O) groups excluding carboxylic acids is 1. The molecule has 1 heterocycles. The van der Waals surface area contributed by atoms with Crippen LogP contribution >= 0.6 is 0 Å². The molecule has 1 fully saturated rings. The van der Waals surface area contributed by atoms with Crippen molar-refractivity contribution in [1.82, 2.24) is 4.90 Å². The van der Waals surface area contributed by atoms with Gasteiger partial charge in [0.15, 0.2) is 0 Å². The highest BCUT2D eigenvalue weighted by Crippen LogP contribution is 2.40. The summed E-state index contributed by atoms with van der Waals surface area (Å²) in [5, 5.41) is 0. The van der Waals surface area contributed by atoms with Crippen molar-refractivity contribution in [3.05, 3.63) is 59.7 Å². The fourth-order valence-corrected chi connectivity index (χ4v) is 4.91. The average Bonchev–Trinajstić information content (AvgIpc) is 2.78. The second-order valence-electron chi connectivity index (χ2n) is 10.0. The third kappa shape index (κ3) is 6.97. The first kappa shape index (κ1) is 25.1. The molecule has 0 unspecified atom stereocenters. The van der Waals surface area contributed by atoms with E-state index in [0.717, 1.165) is 49.4 Å². The zero-order valence-electron chi connectivity index (χ0n) is 21.1. The van der Waals surface area contributed by atoms with Gasteiger partial charge in [0.05, 0.1) is 12.7 Å². The summed E-state index contributed by atoms with van der Waals surface area (Å²) in [5.74, 6) is 1.89. The number of benzene rings is 2. The van der Waals surface area contributed by atoms with Crippen LogP contribution in [0.5, 0.6) is 5.75 Å². The molecule has 0 saturated carbocycles. The van der Waals surface area contributed by atoms with Crippen LogP contribution < -0.4 is 9.64 Å². The van der Waals surface area contributed by atoms with E-state index in [0.29, 0.717) is 18.4 Å². The average molecular weight is 453 g/mol. The van der Waals surface area contributed by atoms with Crippen LogP contribution in [0.4, 0.5) is 5.69 Å². The Morgan fingerprint density at radius 2 is 1.79 bits per heavy atom. The van der Waals surface area contributed by atoms with Gasteiger partial charge in [-0.1, -0.05) is 24.3 Å². The smallest absolute Gasteiger partial charge is 0.219 e. The third-order valence-electron chi connectivity index (χ3n) is 6.83. The van der Waals surface area contributed by atoms with Crippen LogP contribution in [0.3, 0.4) is 0 Å². The summed E-state index contributed by atoms with van der Waals surface area (Å²) in [6.45, 7) is 8.21. The molecule has 2 aromatic rings. The number of nitrogens with zero attached hydrogens (tertiary/aromatic N) is 2. The molecule has 0 spiro atoms. The summed E-state index contributed by atoms with van der Waals surface area (Å²) < 4.78 is 11.4. The monoisotopic (exact) mass is 452 g/mol. The lowest BCUT2D eigenvalue weighted by Gasteiger charge is -2.40. The Hall–Kier alpha value is -2.53. The van der Waals surface area contributed by atoms with Crippen molar-refractivity contribution in [1.29, 1.82) is 0 Å². The van der Waals surface area contributed by atoms with Crippen molar-refractivity contribution < 1.29 is 14.3 Å². The summed E-state index contributed by atoms with van der Waals surface area (Å²) >= 11 is 0. The van der Waals surface area contributed by atoms with E-state index < -0.39 is 0 Å². The van der Waals surface area contributed by atoms with E-state index in [1.807, 2.05) is 31.1 Å². The van der Waals surface area contributed by atoms with Crippen LogP contribution in [0.15, 0.2) is 48.5 Å². The Balaban J connectivity index is 1.75. The predicted octanol–water partition coefficient (Wildman–Crippen LogP) is 5.49. The SMILES string of the molecule is COc1ccc([C@H](CCN(Cc2ccc(N(C)C)cc2)C(C)=O)[C@H]2CCOC(C)(C)C2)cc1. The number of carbonyl (C=O) groups is 1. The van der Waals surface area contributed by atoms with Gasteiger partial charge in [-0.05, 0) is 80.3 Å². The summed E-state index contributed by atoms with van der Waals surface area (Å²) in [7, 11) is 5.77. The van der Waals surface area contributed by atoms with Gasteiger partial charge in [0.1, 0.15) is 5.75 Å². The second kappa shape index (κ2) is 11.1. The van der Waals surface area contributed by atoms with Crippen molar-refractivity contribution in [3.63, 3.8) is 0 Å². The van der Waals surface area contributed by atoms with Gasteiger partial charge in [-0.15, -0.1) is 0 Å². The highest BCUT2D eigenvalue weighted by atomic mass is 16.5. The minimum Gasteiger partial charge on any atom is -0.497 e. The maximum atomic E-state index is 12.5. The van der Waals surface area contributed by atoms with E-state index in [9.17, 15) is 4.79 Å². The molecule has 5 heteroatoms. The first-order chi connectivity index (χ1) is 15.7. The lowest BCUT2D eigenvalue weighted by molar-refractivity contribution is -0.129. The van der Waals surface area contributed by atoms with E-state index in [4.69, 9.17) is 9.47 Å². The Kier molecular flexibility index (Phi) is 8.41. The topological polar surface area (TPSA) is 42.0 Å². The number of rotatable bonds is 9. The highest BCUT2D eigenvalue weighted by Gasteiger charge is 2.34. The molecular formula is C28H40N2O3. The first-order valence-corrected chi connectivity index (χ1v) is 12.0. The van der Waals surface area contributed by atoms with Crippen LogP contribution in [-0.2, 0) is 16.1 Å². The van der Waals surface area contributed by atoms with Crippen molar-refractivity contribution in [3.8, 4) is 5.75 Å². The van der Waals surface area contributed by atoms with E-state index in [1.54, 1.807) is 14.0 Å². The fraction of sp³-hybridized carbons (Fsp3) is 0.536. The normalized spacial score (nSPS) is 18.4. The van der Waals surface area contributed by atoms with Crippen LogP contribution in [0.2, 0.25) is 0 Å². The van der Waals surface area contributed by atoms with Gasteiger partial charge >= 0.3 is 0 Å². The van der Waals surface area contributed by atoms with Gasteiger partial charge in [0.25, 0.3) is 0 Å². The predicted molar refractivity (Wildman–Crippen MR) is 135 cm³/mol. The maximum absolute atomic E-state index is 12.5. The molecule has 1 aliphatic rings. The molecule has 1 aliphatic heterocycles. The Bertz CT molecular complexity index is 890. The Labute approximate surface area is 199 Å². The molecule has 1 saturated heterocycles. The van der Waals surface area contributed by atoms with Gasteiger partial charge in [-0.25, -0.2) is 0 Å². The minimum atomic E-state index is -0.109. The second-order valence-corrected chi connectivity index (χ2v) is 10.0. The zero-order chi connectivity index (χ0) is 24.0. The van der Waals surface area contributed by atoms with Gasteiger partial charge in [0, 0.05) is 46.4 Å². The highest BCUT2D eigenvalue weighted by molar-refractivity contribution is 5.73. The number of anilines is 1. The third-order valence-corrected chi connectivity index (χ3v) is 6.83. The van der Waals surface area contributed by atoms with E-state index in [2.05, 4.69) is 55.1 Å². The number of amides is 1. The number of ether oxygens (including phenoxy) is 2. The largest absolute Gasteiger partial charge is 0.497 e. The van der Waals surface area contributed by atoms with Crippen LogP contribution in [0, 0.1) is 5.92 Å². The van der Waals surface area contributed by atoms with E-state index in [1.165, 1.54) is 5.56 Å². The Morgan fingerprint density at radius 1 is 1.12 bits per heavy atom. The lowest BCUT2D eigenvalue weighted by Crippen LogP contribution is -2.37. The standard InChI is InChI=1S/C28H40N2O3/c1-21(31)30(20-22-7-11-25(12-8-22)29(4)5)17-15-27(23-9-13-26(32-6)14-10-23)24-16-18-33-28(2,3)19-24/h7-14,24,27H,15-20H2,1-6H3/t24-,27-/m0/s1. The van der Waals surface area contributed by atoms with Crippen LogP contribution in [0.25, 0.3) is 0 Å². The molecular weight excluding hydrogens is 412 g/mol. The van der Waals surface area contributed by atoms with Gasteiger partial charge < -0.3 is 19.3 Å². The van der Waals surface area contributed by atoms with Gasteiger partial charge in [-0.2, -0.15) is 0 Å². The molecule has 0 radical (unpaired) electrons. The van der Waals surface area contributed by atoms with Crippen molar-refractivity contribution in [2.24, 2.45) is 5.92 Å². The molecule has 2 aromatic carbocycles. The summed E-state index contributed by atoms with van der Waals surface area (Å²) in [5.41, 5.74) is 3.53. The minimum absolute atomic E-state index is 0.109. The van der Waals surface area contributed by atoms with E-state index >= 15 is 0 Å². The zero-order valence-corrected chi connectivity index (χ0v) is 21.1. The first-order valence-electron chi connectivity index (χ1n) is 12.0. The lowest BCUT2D eigenvalue weighted by atomic mass is 9.75.